The molecule has 2 N–H and O–H groups in total. The van der Waals surface area contributed by atoms with Crippen LogP contribution in [0.15, 0.2) is 0 Å². The number of carbonyl (C=O) groups excluding carboxylic acids is 1. The van der Waals surface area contributed by atoms with Gasteiger partial charge in [-0.2, -0.15) is 0 Å². The highest BCUT2D eigenvalue weighted by atomic mass is 16.4. The molecular weight excluding hydrogens is 352 g/mol. The van der Waals surface area contributed by atoms with Crippen molar-refractivity contribution in [2.24, 2.45) is 46.3 Å². The predicted molar refractivity (Wildman–Crippen MR) is 108 cm³/mol. The van der Waals surface area contributed by atoms with Crippen LogP contribution in [0.25, 0.3) is 0 Å². The summed E-state index contributed by atoms with van der Waals surface area (Å²) in [5, 5.41) is 19.3. The van der Waals surface area contributed by atoms with Crippen molar-refractivity contribution in [1.29, 1.82) is 0 Å². The molecule has 0 aliphatic heterocycles. The van der Waals surface area contributed by atoms with Gasteiger partial charge in [-0.1, -0.05) is 20.8 Å². The summed E-state index contributed by atoms with van der Waals surface area (Å²) in [5.41, 5.74) is 0.401. The van der Waals surface area contributed by atoms with Crippen molar-refractivity contribution in [3.05, 3.63) is 0 Å². The zero-order valence-electron chi connectivity index (χ0n) is 17.8. The molecule has 0 aromatic rings. The van der Waals surface area contributed by atoms with Crippen LogP contribution < -0.4 is 0 Å². The molecule has 0 aromatic carbocycles. The number of hydrogen-bond acceptors (Lipinski definition) is 3. The molecule has 9 atom stereocenters. The summed E-state index contributed by atoms with van der Waals surface area (Å²) in [6, 6.07) is 0. The van der Waals surface area contributed by atoms with E-state index in [2.05, 4.69) is 20.8 Å². The number of rotatable bonds is 4. The van der Waals surface area contributed by atoms with E-state index in [1.165, 1.54) is 6.42 Å². The Morgan fingerprint density at radius 3 is 2.50 bits per heavy atom. The van der Waals surface area contributed by atoms with Gasteiger partial charge in [0.1, 0.15) is 5.78 Å². The average Bonchev–Trinajstić information content (AvgIpc) is 2.98. The minimum atomic E-state index is -0.698. The van der Waals surface area contributed by atoms with Crippen LogP contribution in [0.2, 0.25) is 0 Å². The van der Waals surface area contributed by atoms with Gasteiger partial charge in [0.25, 0.3) is 0 Å². The quantitative estimate of drug-likeness (QED) is 0.730. The third-order valence-electron chi connectivity index (χ3n) is 10.0. The Morgan fingerprint density at radius 1 is 1.11 bits per heavy atom. The molecule has 0 radical (unpaired) electrons. The molecule has 28 heavy (non-hydrogen) atoms. The molecule has 4 aliphatic carbocycles. The third-order valence-corrected chi connectivity index (χ3v) is 10.0. The fourth-order valence-corrected chi connectivity index (χ4v) is 8.44. The molecular formula is C24H38O4. The average molecular weight is 391 g/mol. The fourth-order valence-electron chi connectivity index (χ4n) is 8.44. The number of aliphatic hydroxyl groups is 1. The summed E-state index contributed by atoms with van der Waals surface area (Å²) in [6.07, 6.45) is 8.81. The van der Waals surface area contributed by atoms with E-state index >= 15 is 0 Å². The molecule has 0 unspecified atom stereocenters. The van der Waals surface area contributed by atoms with Crippen molar-refractivity contribution in [3.63, 3.8) is 0 Å². The van der Waals surface area contributed by atoms with Gasteiger partial charge in [0.15, 0.2) is 0 Å². The lowest BCUT2D eigenvalue weighted by atomic mass is 9.44. The maximum absolute atomic E-state index is 13.3. The molecule has 0 amide bonds. The molecule has 4 saturated carbocycles. The number of carboxylic acids is 1. The Kier molecular flexibility index (Phi) is 5.17. The Balaban J connectivity index is 1.56. The first-order valence-electron chi connectivity index (χ1n) is 11.6. The third kappa shape index (κ3) is 3.05. The number of carbonyl (C=O) groups is 2. The Bertz CT molecular complexity index is 645. The number of hydrogen-bond donors (Lipinski definition) is 2. The first-order valence-corrected chi connectivity index (χ1v) is 11.6. The SMILES string of the molecule is C[C@H](CCC(=O)O)[C@H]1CC[C@H]2[C@@H]3C(=O)C[C@@H]4C[C@H](O)CC[C@]4(C)[C@H]3CC[C@]12C. The lowest BCUT2D eigenvalue weighted by Crippen LogP contribution is -2.57. The van der Waals surface area contributed by atoms with Crippen molar-refractivity contribution < 1.29 is 19.8 Å². The summed E-state index contributed by atoms with van der Waals surface area (Å²) in [4.78, 5) is 24.4. The lowest BCUT2D eigenvalue weighted by molar-refractivity contribution is -0.160. The van der Waals surface area contributed by atoms with Crippen LogP contribution in [-0.4, -0.2) is 28.1 Å². The highest BCUT2D eigenvalue weighted by Gasteiger charge is 2.62. The topological polar surface area (TPSA) is 74.6 Å². The zero-order chi connectivity index (χ0) is 20.3. The molecule has 4 fully saturated rings. The summed E-state index contributed by atoms with van der Waals surface area (Å²) < 4.78 is 0. The molecule has 0 aromatic heterocycles. The second-order valence-corrected chi connectivity index (χ2v) is 11.2. The van der Waals surface area contributed by atoms with Crippen LogP contribution in [0.4, 0.5) is 0 Å². The van der Waals surface area contributed by atoms with Gasteiger partial charge in [-0.15, -0.1) is 0 Å². The molecule has 4 aliphatic rings. The van der Waals surface area contributed by atoms with Crippen LogP contribution in [0.5, 0.6) is 0 Å². The second-order valence-electron chi connectivity index (χ2n) is 11.2. The lowest BCUT2D eigenvalue weighted by Gasteiger charge is -2.60. The number of fused-ring (bicyclic) bond motifs is 5. The Hall–Kier alpha value is -0.900. The zero-order valence-corrected chi connectivity index (χ0v) is 17.8. The minimum Gasteiger partial charge on any atom is -0.481 e. The predicted octanol–water partition coefficient (Wildman–Crippen LogP) is 4.69. The van der Waals surface area contributed by atoms with E-state index in [4.69, 9.17) is 5.11 Å². The molecule has 158 valence electrons. The molecule has 0 bridgehead atoms. The minimum absolute atomic E-state index is 0.187. The number of ketones is 1. The van der Waals surface area contributed by atoms with Gasteiger partial charge in [-0.25, -0.2) is 0 Å². The van der Waals surface area contributed by atoms with Crippen LogP contribution in [0, 0.1) is 46.3 Å². The van der Waals surface area contributed by atoms with Gasteiger partial charge in [0.05, 0.1) is 6.10 Å². The van der Waals surface area contributed by atoms with Crippen molar-refractivity contribution >= 4 is 11.8 Å². The van der Waals surface area contributed by atoms with E-state index in [-0.39, 0.29) is 29.3 Å². The molecule has 0 saturated heterocycles. The summed E-state index contributed by atoms with van der Waals surface area (Å²) in [5.74, 6) is 2.25. The van der Waals surface area contributed by atoms with Gasteiger partial charge >= 0.3 is 5.97 Å². The molecule has 4 rings (SSSR count). The fraction of sp³-hybridized carbons (Fsp3) is 0.917. The number of aliphatic hydroxyl groups excluding tert-OH is 1. The summed E-state index contributed by atoms with van der Waals surface area (Å²) in [7, 11) is 0. The monoisotopic (exact) mass is 390 g/mol. The summed E-state index contributed by atoms with van der Waals surface area (Å²) >= 11 is 0. The molecule has 0 spiro atoms. The first-order chi connectivity index (χ1) is 13.2. The number of Topliss-reactive ketones (excluding diaryl/α,β-unsaturated/α-hetero) is 1. The first kappa shape index (κ1) is 20.4. The van der Waals surface area contributed by atoms with E-state index < -0.39 is 5.97 Å². The van der Waals surface area contributed by atoms with Gasteiger partial charge < -0.3 is 10.2 Å². The largest absolute Gasteiger partial charge is 0.481 e. The van der Waals surface area contributed by atoms with Gasteiger partial charge in [0, 0.05) is 18.8 Å². The van der Waals surface area contributed by atoms with Gasteiger partial charge in [-0.05, 0) is 91.8 Å². The van der Waals surface area contributed by atoms with Crippen LogP contribution in [0.3, 0.4) is 0 Å². The standard InChI is InChI=1S/C24H38O4/c1-14(4-7-21(27)28)17-5-6-18-22-19(9-11-24(17,18)3)23(2)10-8-16(25)12-15(23)13-20(22)26/h14-19,22,25H,4-13H2,1-3H3,(H,27,28)/t14-,15+,16-,17-,18+,19+,22+,23+,24-/m1/s1. The molecule has 4 nitrogen and oxygen atoms in total. The van der Waals surface area contributed by atoms with Gasteiger partial charge in [0.2, 0.25) is 0 Å². The highest BCUT2D eigenvalue weighted by Crippen LogP contribution is 2.67. The Labute approximate surface area is 169 Å². The van der Waals surface area contributed by atoms with Gasteiger partial charge in [-0.3, -0.25) is 9.59 Å². The van der Waals surface area contributed by atoms with Crippen molar-refractivity contribution in [3.8, 4) is 0 Å². The Morgan fingerprint density at radius 2 is 1.79 bits per heavy atom. The van der Waals surface area contributed by atoms with E-state index in [0.717, 1.165) is 44.9 Å². The molecule has 4 heteroatoms. The second kappa shape index (κ2) is 7.11. The van der Waals surface area contributed by atoms with Crippen molar-refractivity contribution in [1.82, 2.24) is 0 Å². The highest BCUT2D eigenvalue weighted by molar-refractivity contribution is 5.83. The smallest absolute Gasteiger partial charge is 0.303 e. The maximum atomic E-state index is 13.3. The summed E-state index contributed by atoms with van der Waals surface area (Å²) in [6.45, 7) is 7.06. The van der Waals surface area contributed by atoms with E-state index in [9.17, 15) is 14.7 Å². The van der Waals surface area contributed by atoms with Crippen molar-refractivity contribution in [2.45, 2.75) is 91.1 Å². The van der Waals surface area contributed by atoms with Crippen molar-refractivity contribution in [2.75, 3.05) is 0 Å². The molecule has 0 heterocycles. The number of aliphatic carboxylic acids is 1. The normalized spacial score (nSPS) is 49.1. The number of carboxylic acid groups (broad SMARTS) is 1. The van der Waals surface area contributed by atoms with Crippen LogP contribution >= 0.6 is 0 Å². The maximum Gasteiger partial charge on any atom is 0.303 e. The van der Waals surface area contributed by atoms with E-state index in [0.29, 0.717) is 41.8 Å². The van der Waals surface area contributed by atoms with Crippen LogP contribution in [-0.2, 0) is 9.59 Å². The van der Waals surface area contributed by atoms with E-state index in [1.807, 2.05) is 0 Å². The van der Waals surface area contributed by atoms with Crippen LogP contribution in [0.1, 0.15) is 85.0 Å². The van der Waals surface area contributed by atoms with E-state index in [1.54, 1.807) is 0 Å².